The van der Waals surface area contributed by atoms with E-state index in [1.54, 1.807) is 18.5 Å². The van der Waals surface area contributed by atoms with Crippen molar-refractivity contribution < 1.29 is 4.79 Å². The summed E-state index contributed by atoms with van der Waals surface area (Å²) in [4.78, 5) is 37.3. The molecule has 4 N–H and O–H groups in total. The summed E-state index contributed by atoms with van der Waals surface area (Å²) < 4.78 is 0. The average Bonchev–Trinajstić information content (AvgIpc) is 3.91. The Kier molecular flexibility index (Phi) is 8.30. The van der Waals surface area contributed by atoms with Crippen molar-refractivity contribution in [1.82, 2.24) is 35.5 Å². The van der Waals surface area contributed by atoms with E-state index < -0.39 is 6.04 Å². The first kappa shape index (κ1) is 29.2. The molecule has 0 saturated carbocycles. The predicted molar refractivity (Wildman–Crippen MR) is 177 cm³/mol. The smallest absolute Gasteiger partial charge is 0.246 e. The summed E-state index contributed by atoms with van der Waals surface area (Å²) in [6, 6.07) is 19.3. The quantitative estimate of drug-likeness (QED) is 0.209. The number of amides is 1. The van der Waals surface area contributed by atoms with Crippen LogP contribution in [0.5, 0.6) is 0 Å². The van der Waals surface area contributed by atoms with Crippen LogP contribution in [0.25, 0.3) is 22.4 Å². The van der Waals surface area contributed by atoms with Gasteiger partial charge in [-0.2, -0.15) is 0 Å². The molecule has 3 aliphatic rings. The van der Waals surface area contributed by atoms with Gasteiger partial charge in [0.15, 0.2) is 0 Å². The molecule has 0 spiro atoms. The number of carbonyl (C=O) groups excluding carboxylic acids is 1. The zero-order valence-corrected chi connectivity index (χ0v) is 25.9. The van der Waals surface area contributed by atoms with Gasteiger partial charge in [-0.25, -0.2) is 15.0 Å². The Labute approximate surface area is 264 Å². The van der Waals surface area contributed by atoms with Gasteiger partial charge in [-0.15, -0.1) is 0 Å². The van der Waals surface area contributed by atoms with Crippen LogP contribution in [0.4, 0.5) is 5.95 Å². The highest BCUT2D eigenvalue weighted by Crippen LogP contribution is 2.33. The highest BCUT2D eigenvalue weighted by atomic mass is 16.2. The van der Waals surface area contributed by atoms with Crippen molar-refractivity contribution in [2.45, 2.75) is 63.7 Å². The van der Waals surface area contributed by atoms with Crippen LogP contribution in [0, 0.1) is 5.92 Å². The number of rotatable bonds is 9. The van der Waals surface area contributed by atoms with Crippen molar-refractivity contribution in [1.29, 1.82) is 0 Å². The molecule has 10 nitrogen and oxygen atoms in total. The van der Waals surface area contributed by atoms with Gasteiger partial charge in [-0.05, 0) is 66.5 Å². The number of imidazole rings is 1. The average molecular weight is 604 g/mol. The molecule has 0 radical (unpaired) electrons. The van der Waals surface area contributed by atoms with E-state index in [-0.39, 0.29) is 23.9 Å². The zero-order chi connectivity index (χ0) is 30.8. The predicted octanol–water partition coefficient (Wildman–Crippen LogP) is 5.13. The first-order valence-corrected chi connectivity index (χ1v) is 16.2. The molecule has 1 amide bonds. The number of aromatic amines is 1. The van der Waals surface area contributed by atoms with Gasteiger partial charge in [-0.1, -0.05) is 62.4 Å². The number of anilines is 1. The number of likely N-dealkylation sites (tertiary alicyclic amines) is 1. The molecule has 232 valence electrons. The summed E-state index contributed by atoms with van der Waals surface area (Å²) in [5, 5.41) is 10.4. The van der Waals surface area contributed by atoms with Crippen molar-refractivity contribution >= 4 is 17.7 Å². The molecule has 45 heavy (non-hydrogen) atoms. The third-order valence-corrected chi connectivity index (χ3v) is 9.23. The molecule has 0 aliphatic carbocycles. The minimum atomic E-state index is -0.418. The summed E-state index contributed by atoms with van der Waals surface area (Å²) in [5.74, 6) is 2.53. The number of carbonyl (C=O) groups is 1. The van der Waals surface area contributed by atoms with Gasteiger partial charge >= 0.3 is 0 Å². The largest absolute Gasteiger partial charge is 0.364 e. The molecule has 2 fully saturated rings. The van der Waals surface area contributed by atoms with E-state index in [4.69, 9.17) is 9.98 Å². The number of amidine groups is 1. The fourth-order valence-corrected chi connectivity index (χ4v) is 6.70. The molecule has 3 aliphatic heterocycles. The van der Waals surface area contributed by atoms with E-state index in [9.17, 15) is 4.79 Å². The van der Waals surface area contributed by atoms with E-state index in [0.29, 0.717) is 18.5 Å². The topological polar surface area (TPSA) is 123 Å². The molecule has 10 heteroatoms. The number of aliphatic imine (C=N–C) groups is 1. The molecule has 1 unspecified atom stereocenters. The van der Waals surface area contributed by atoms with Crippen LogP contribution in [-0.4, -0.2) is 68.3 Å². The lowest BCUT2D eigenvalue weighted by atomic mass is 9.99. The van der Waals surface area contributed by atoms with Crippen LogP contribution in [0.2, 0.25) is 0 Å². The molecule has 5 heterocycles. The second kappa shape index (κ2) is 12.8. The van der Waals surface area contributed by atoms with Crippen LogP contribution in [0.3, 0.4) is 0 Å². The molecule has 2 aromatic heterocycles. The number of hydrogen-bond acceptors (Lipinski definition) is 8. The van der Waals surface area contributed by atoms with Gasteiger partial charge < -0.3 is 25.8 Å². The molecular weight excluding hydrogens is 562 g/mol. The number of nitrogens with one attached hydrogen (secondary N) is 4. The molecule has 4 atom stereocenters. The maximum atomic E-state index is 13.7. The first-order chi connectivity index (χ1) is 22.0. The SMILES string of the molecule is CC(C)[C@@H](Nc1ncccn1)C(=O)N1CCC[C@H]1c1ncc(-c2ccc(-c3ccc(C4CN=C([C@@H]5CCCN5)N4)cc3)cc2)[nH]1. The Morgan fingerprint density at radius 3 is 2.36 bits per heavy atom. The highest BCUT2D eigenvalue weighted by molar-refractivity contribution is 5.89. The fraction of sp³-hybridized carbons (Fsp3) is 0.400. The maximum absolute atomic E-state index is 13.7. The second-order valence-corrected chi connectivity index (χ2v) is 12.6. The summed E-state index contributed by atoms with van der Waals surface area (Å²) in [5.41, 5.74) is 5.62. The second-order valence-electron chi connectivity index (χ2n) is 12.6. The zero-order valence-electron chi connectivity index (χ0n) is 25.9. The fourth-order valence-electron chi connectivity index (χ4n) is 6.70. The Hall–Kier alpha value is -4.57. The van der Waals surface area contributed by atoms with E-state index in [1.165, 1.54) is 23.1 Å². The third kappa shape index (κ3) is 6.20. The lowest BCUT2D eigenvalue weighted by Crippen LogP contribution is -2.45. The van der Waals surface area contributed by atoms with Gasteiger partial charge in [0, 0.05) is 18.9 Å². The van der Waals surface area contributed by atoms with Crippen molar-refractivity contribution in [3.8, 4) is 22.4 Å². The van der Waals surface area contributed by atoms with Crippen molar-refractivity contribution in [3.63, 3.8) is 0 Å². The molecule has 0 bridgehead atoms. The van der Waals surface area contributed by atoms with E-state index in [1.807, 2.05) is 24.9 Å². The third-order valence-electron chi connectivity index (χ3n) is 9.23. The van der Waals surface area contributed by atoms with Crippen LogP contribution in [0.15, 0.2) is 78.2 Å². The first-order valence-electron chi connectivity index (χ1n) is 16.2. The van der Waals surface area contributed by atoms with Gasteiger partial charge in [-0.3, -0.25) is 9.79 Å². The Bertz CT molecular complexity index is 1630. The van der Waals surface area contributed by atoms with Crippen molar-refractivity contribution in [3.05, 3.63) is 84.6 Å². The summed E-state index contributed by atoms with van der Waals surface area (Å²) in [7, 11) is 0. The van der Waals surface area contributed by atoms with Crippen LogP contribution in [-0.2, 0) is 4.79 Å². The van der Waals surface area contributed by atoms with Crippen LogP contribution < -0.4 is 16.0 Å². The Morgan fingerprint density at radius 2 is 1.64 bits per heavy atom. The molecule has 2 saturated heterocycles. The highest BCUT2D eigenvalue weighted by Gasteiger charge is 2.37. The Morgan fingerprint density at radius 1 is 0.911 bits per heavy atom. The summed E-state index contributed by atoms with van der Waals surface area (Å²) >= 11 is 0. The minimum Gasteiger partial charge on any atom is -0.364 e. The lowest BCUT2D eigenvalue weighted by molar-refractivity contribution is -0.134. The molecular formula is C35H41N9O. The van der Waals surface area contributed by atoms with Crippen molar-refractivity contribution in [2.24, 2.45) is 10.9 Å². The van der Waals surface area contributed by atoms with Gasteiger partial charge in [0.2, 0.25) is 11.9 Å². The molecule has 7 rings (SSSR count). The number of aromatic nitrogens is 4. The van der Waals surface area contributed by atoms with E-state index >= 15 is 0 Å². The van der Waals surface area contributed by atoms with Gasteiger partial charge in [0.05, 0.1) is 36.6 Å². The molecule has 2 aromatic carbocycles. The van der Waals surface area contributed by atoms with E-state index in [0.717, 1.165) is 55.3 Å². The van der Waals surface area contributed by atoms with Crippen molar-refractivity contribution in [2.75, 3.05) is 25.0 Å². The standard InChI is InChI=1S/C35H41N9O/c1-22(2)31(43-35-37-17-5-18-38-35)34(45)44-19-4-7-30(44)33-40-21-29(42-33)26-14-10-24(11-15-26)23-8-12-25(13-9-23)28-20-39-32(41-28)27-6-3-16-36-27/h5,8-15,17-18,21-22,27-28,30-31,36H,3-4,6-7,16,19-20H2,1-2H3,(H,39,41)(H,40,42)(H,37,38,43)/t27-,28?,30-,31+/m0/s1. The lowest BCUT2D eigenvalue weighted by Gasteiger charge is -2.30. The minimum absolute atomic E-state index is 0.0516. The van der Waals surface area contributed by atoms with Gasteiger partial charge in [0.25, 0.3) is 0 Å². The number of H-pyrrole nitrogens is 1. The summed E-state index contributed by atoms with van der Waals surface area (Å²) in [6.45, 7) is 6.65. The maximum Gasteiger partial charge on any atom is 0.246 e. The summed E-state index contributed by atoms with van der Waals surface area (Å²) in [6.07, 6.45) is 9.42. The number of hydrogen-bond donors (Lipinski definition) is 4. The molecule has 4 aromatic rings. The van der Waals surface area contributed by atoms with E-state index in [2.05, 4.69) is 79.4 Å². The number of benzene rings is 2. The Balaban J connectivity index is 1.00. The van der Waals surface area contributed by atoms with Crippen LogP contribution in [0.1, 0.15) is 63.0 Å². The van der Waals surface area contributed by atoms with Crippen LogP contribution >= 0.6 is 0 Å². The normalized spacial score (nSPS) is 22.0. The monoisotopic (exact) mass is 603 g/mol. The van der Waals surface area contributed by atoms with Gasteiger partial charge in [0.1, 0.15) is 17.7 Å². The number of nitrogens with zero attached hydrogens (tertiary/aromatic N) is 5.